The van der Waals surface area contributed by atoms with Crippen molar-refractivity contribution in [3.63, 3.8) is 0 Å². The highest BCUT2D eigenvalue weighted by Crippen LogP contribution is 2.24. The Morgan fingerprint density at radius 2 is 2.22 bits per heavy atom. The highest BCUT2D eigenvalue weighted by molar-refractivity contribution is 7.12. The van der Waals surface area contributed by atoms with Crippen molar-refractivity contribution in [3.8, 4) is 5.88 Å². The average molecular weight is 390 g/mol. The fourth-order valence-corrected chi connectivity index (χ4v) is 3.81. The predicted molar refractivity (Wildman–Crippen MR) is 102 cm³/mol. The van der Waals surface area contributed by atoms with Crippen molar-refractivity contribution in [2.24, 2.45) is 5.92 Å². The number of hydrogen-bond acceptors (Lipinski definition) is 7. The number of likely N-dealkylation sites (tertiary alicyclic amines) is 1. The molecule has 1 N–H and O–H groups in total. The van der Waals surface area contributed by atoms with Crippen LogP contribution >= 0.6 is 11.3 Å². The smallest absolute Gasteiger partial charge is 0.269 e. The summed E-state index contributed by atoms with van der Waals surface area (Å²) in [4.78, 5) is 29.2. The van der Waals surface area contributed by atoms with Crippen LogP contribution in [0.3, 0.4) is 0 Å². The van der Waals surface area contributed by atoms with Crippen molar-refractivity contribution in [1.29, 1.82) is 0 Å². The van der Waals surface area contributed by atoms with Crippen LogP contribution < -0.4 is 10.1 Å². The van der Waals surface area contributed by atoms with Crippen molar-refractivity contribution in [3.05, 3.63) is 50.3 Å². The van der Waals surface area contributed by atoms with Crippen molar-refractivity contribution >= 4 is 22.9 Å². The molecule has 144 valence electrons. The Labute approximate surface area is 161 Å². The number of piperidine rings is 1. The van der Waals surface area contributed by atoms with Crippen LogP contribution in [0.15, 0.2) is 29.8 Å². The number of carbonyl (C=O) groups is 1. The fourth-order valence-electron chi connectivity index (χ4n) is 3.14. The number of hydrogen-bond donors (Lipinski definition) is 1. The minimum Gasteiger partial charge on any atom is -0.476 e. The standard InChI is InChI=1S/C18H22N4O4S/c1-19-17(23)16-18(20-12-27-16)26-11-13-5-7-21(8-6-13)10-14-3-2-4-15(9-14)22(24)25/h2-4,9,12-13H,5-8,10-11H2,1H3,(H,19,23). The summed E-state index contributed by atoms with van der Waals surface area (Å²) in [7, 11) is 1.59. The summed E-state index contributed by atoms with van der Waals surface area (Å²) in [5.41, 5.74) is 2.70. The summed E-state index contributed by atoms with van der Waals surface area (Å²) >= 11 is 1.27. The van der Waals surface area contributed by atoms with Gasteiger partial charge in [0.25, 0.3) is 11.6 Å². The molecular formula is C18H22N4O4S. The van der Waals surface area contributed by atoms with Gasteiger partial charge in [0.1, 0.15) is 0 Å². The molecule has 2 aromatic rings. The highest BCUT2D eigenvalue weighted by atomic mass is 32.1. The summed E-state index contributed by atoms with van der Waals surface area (Å²) < 4.78 is 5.78. The zero-order valence-corrected chi connectivity index (χ0v) is 15.9. The van der Waals surface area contributed by atoms with Gasteiger partial charge in [0.05, 0.1) is 17.0 Å². The zero-order valence-electron chi connectivity index (χ0n) is 15.1. The van der Waals surface area contributed by atoms with Gasteiger partial charge in [0.15, 0.2) is 4.88 Å². The van der Waals surface area contributed by atoms with Gasteiger partial charge in [-0.2, -0.15) is 0 Å². The Balaban J connectivity index is 1.47. The third-order valence-corrected chi connectivity index (χ3v) is 5.47. The quantitative estimate of drug-likeness (QED) is 0.577. The second kappa shape index (κ2) is 8.92. The summed E-state index contributed by atoms with van der Waals surface area (Å²) in [6.45, 7) is 3.08. The van der Waals surface area contributed by atoms with Gasteiger partial charge >= 0.3 is 0 Å². The molecule has 27 heavy (non-hydrogen) atoms. The number of nitro groups is 1. The van der Waals surface area contributed by atoms with Gasteiger partial charge in [-0.05, 0) is 37.4 Å². The van der Waals surface area contributed by atoms with Crippen molar-refractivity contribution in [2.75, 3.05) is 26.7 Å². The van der Waals surface area contributed by atoms with E-state index in [0.29, 0.717) is 29.8 Å². The highest BCUT2D eigenvalue weighted by Gasteiger charge is 2.22. The molecule has 0 aliphatic carbocycles. The van der Waals surface area contributed by atoms with Gasteiger partial charge in [0, 0.05) is 25.7 Å². The molecule has 0 atom stereocenters. The van der Waals surface area contributed by atoms with E-state index in [-0.39, 0.29) is 16.5 Å². The van der Waals surface area contributed by atoms with E-state index in [1.54, 1.807) is 24.7 Å². The minimum atomic E-state index is -0.362. The van der Waals surface area contributed by atoms with Crippen LogP contribution in [0.2, 0.25) is 0 Å². The lowest BCUT2D eigenvalue weighted by molar-refractivity contribution is -0.384. The molecule has 1 aliphatic heterocycles. The molecule has 1 aromatic carbocycles. The first-order valence-corrected chi connectivity index (χ1v) is 9.69. The van der Waals surface area contributed by atoms with Crippen LogP contribution in [0.25, 0.3) is 0 Å². The van der Waals surface area contributed by atoms with E-state index in [1.807, 2.05) is 6.07 Å². The Hall–Kier alpha value is -2.52. The van der Waals surface area contributed by atoms with Crippen molar-refractivity contribution in [2.45, 2.75) is 19.4 Å². The molecule has 1 saturated heterocycles. The number of thiazole rings is 1. The topological polar surface area (TPSA) is 97.6 Å². The number of nitrogens with one attached hydrogen (secondary N) is 1. The van der Waals surface area contributed by atoms with E-state index >= 15 is 0 Å². The first kappa shape index (κ1) is 19.2. The lowest BCUT2D eigenvalue weighted by atomic mass is 9.97. The van der Waals surface area contributed by atoms with Crippen LogP contribution in [0.4, 0.5) is 5.69 Å². The number of rotatable bonds is 7. The maximum Gasteiger partial charge on any atom is 0.269 e. The van der Waals surface area contributed by atoms with E-state index < -0.39 is 0 Å². The van der Waals surface area contributed by atoms with Crippen LogP contribution in [0.5, 0.6) is 5.88 Å². The molecular weight excluding hydrogens is 368 g/mol. The van der Waals surface area contributed by atoms with Gasteiger partial charge < -0.3 is 10.1 Å². The van der Waals surface area contributed by atoms with E-state index in [0.717, 1.165) is 31.5 Å². The van der Waals surface area contributed by atoms with Crippen LogP contribution in [-0.4, -0.2) is 47.5 Å². The number of benzene rings is 1. The Morgan fingerprint density at radius 1 is 1.44 bits per heavy atom. The molecule has 0 bridgehead atoms. The Kier molecular flexibility index (Phi) is 6.36. The maximum absolute atomic E-state index is 11.8. The molecule has 2 heterocycles. The summed E-state index contributed by atoms with van der Waals surface area (Å²) in [5.74, 6) is 0.628. The van der Waals surface area contributed by atoms with Gasteiger partial charge in [-0.25, -0.2) is 4.98 Å². The first-order valence-electron chi connectivity index (χ1n) is 8.81. The third-order valence-electron chi connectivity index (χ3n) is 4.66. The normalized spacial score (nSPS) is 15.4. The summed E-state index contributed by atoms with van der Waals surface area (Å²) in [6, 6.07) is 6.80. The van der Waals surface area contributed by atoms with Crippen molar-refractivity contribution < 1.29 is 14.5 Å². The van der Waals surface area contributed by atoms with Crippen LogP contribution in [-0.2, 0) is 6.54 Å². The van der Waals surface area contributed by atoms with Crippen LogP contribution in [0.1, 0.15) is 28.1 Å². The second-order valence-electron chi connectivity index (χ2n) is 6.52. The molecule has 3 rings (SSSR count). The first-order chi connectivity index (χ1) is 13.1. The molecule has 8 nitrogen and oxygen atoms in total. The molecule has 9 heteroatoms. The number of amides is 1. The van der Waals surface area contributed by atoms with E-state index in [2.05, 4.69) is 15.2 Å². The van der Waals surface area contributed by atoms with E-state index in [9.17, 15) is 14.9 Å². The van der Waals surface area contributed by atoms with E-state index in [1.165, 1.54) is 17.4 Å². The number of nitrogens with zero attached hydrogens (tertiary/aromatic N) is 3. The molecule has 0 spiro atoms. The molecule has 0 unspecified atom stereocenters. The molecule has 1 amide bonds. The molecule has 1 aromatic heterocycles. The summed E-state index contributed by atoms with van der Waals surface area (Å²) in [6.07, 6.45) is 1.96. The molecule has 0 radical (unpaired) electrons. The third kappa shape index (κ3) is 5.01. The van der Waals surface area contributed by atoms with Gasteiger partial charge in [-0.15, -0.1) is 11.3 Å². The minimum absolute atomic E-state index is 0.131. The Morgan fingerprint density at radius 3 is 2.93 bits per heavy atom. The number of carbonyl (C=O) groups excluding carboxylic acids is 1. The number of non-ortho nitro benzene ring substituents is 1. The number of aromatic nitrogens is 1. The summed E-state index contributed by atoms with van der Waals surface area (Å²) in [5, 5.41) is 13.5. The number of ether oxygens (including phenoxy) is 1. The molecule has 1 aliphatic rings. The SMILES string of the molecule is CNC(=O)c1scnc1OCC1CCN(Cc2cccc([N+](=O)[O-])c2)CC1. The van der Waals surface area contributed by atoms with Crippen LogP contribution in [0, 0.1) is 16.0 Å². The lowest BCUT2D eigenvalue weighted by Gasteiger charge is -2.31. The molecule has 0 saturated carbocycles. The average Bonchev–Trinajstić information content (AvgIpc) is 3.15. The van der Waals surface area contributed by atoms with E-state index in [4.69, 9.17) is 4.74 Å². The van der Waals surface area contributed by atoms with Gasteiger partial charge in [-0.1, -0.05) is 12.1 Å². The maximum atomic E-state index is 11.8. The lowest BCUT2D eigenvalue weighted by Crippen LogP contribution is -2.35. The van der Waals surface area contributed by atoms with Crippen molar-refractivity contribution in [1.82, 2.24) is 15.2 Å². The van der Waals surface area contributed by atoms with Gasteiger partial charge in [0.2, 0.25) is 5.88 Å². The monoisotopic (exact) mass is 390 g/mol. The zero-order chi connectivity index (χ0) is 19.2. The predicted octanol–water partition coefficient (Wildman–Crippen LogP) is 2.70. The number of nitro benzene ring substituents is 1. The largest absolute Gasteiger partial charge is 0.476 e. The molecule has 1 fully saturated rings. The second-order valence-corrected chi connectivity index (χ2v) is 7.38. The Bertz CT molecular complexity index is 802. The van der Waals surface area contributed by atoms with Gasteiger partial charge in [-0.3, -0.25) is 19.8 Å². The fraction of sp³-hybridized carbons (Fsp3) is 0.444.